The van der Waals surface area contributed by atoms with Gasteiger partial charge in [-0.15, -0.1) is 0 Å². The van der Waals surface area contributed by atoms with Crippen molar-refractivity contribution >= 4 is 5.96 Å². The smallest absolute Gasteiger partial charge is 0.203 e. The van der Waals surface area contributed by atoms with Crippen LogP contribution in [0.4, 0.5) is 0 Å². The second-order valence-electron chi connectivity index (χ2n) is 6.98. The average Bonchev–Trinajstić information content (AvgIpc) is 2.95. The lowest BCUT2D eigenvalue weighted by Gasteiger charge is -2.19. The zero-order valence-electron chi connectivity index (χ0n) is 18.7. The number of aliphatic imine (C=N–C) groups is 1. The predicted molar refractivity (Wildman–Crippen MR) is 115 cm³/mol. The average molecular weight is 404 g/mol. The van der Waals surface area contributed by atoms with E-state index in [2.05, 4.69) is 34.6 Å². The lowest BCUT2D eigenvalue weighted by molar-refractivity contribution is 0.323. The maximum Gasteiger partial charge on any atom is 0.203 e. The molecule has 8 nitrogen and oxygen atoms in total. The summed E-state index contributed by atoms with van der Waals surface area (Å²) in [6, 6.07) is 4.05. The van der Waals surface area contributed by atoms with Crippen molar-refractivity contribution in [3.05, 3.63) is 34.6 Å². The number of nitrogens with zero attached hydrogens (tertiary/aromatic N) is 3. The molecule has 2 rings (SSSR count). The number of hydrogen-bond donors (Lipinski definition) is 2. The van der Waals surface area contributed by atoms with Crippen molar-refractivity contribution in [3.63, 3.8) is 0 Å². The fourth-order valence-electron chi connectivity index (χ4n) is 3.32. The molecule has 0 aliphatic carbocycles. The molecular formula is C21H33N5O3. The van der Waals surface area contributed by atoms with Crippen LogP contribution in [0, 0.1) is 13.8 Å². The number of rotatable bonds is 8. The summed E-state index contributed by atoms with van der Waals surface area (Å²) in [5.74, 6) is 2.56. The molecule has 1 atom stereocenters. The zero-order chi connectivity index (χ0) is 21.6. The summed E-state index contributed by atoms with van der Waals surface area (Å²) < 4.78 is 18.1. The van der Waals surface area contributed by atoms with E-state index in [0.717, 1.165) is 23.6 Å². The number of methoxy groups -OCH3 is 3. The Hall–Kier alpha value is -2.90. The highest BCUT2D eigenvalue weighted by Crippen LogP contribution is 2.38. The number of aryl methyl sites for hydroxylation is 2. The van der Waals surface area contributed by atoms with E-state index >= 15 is 0 Å². The third kappa shape index (κ3) is 5.34. The van der Waals surface area contributed by atoms with Crippen LogP contribution in [0.5, 0.6) is 17.2 Å². The molecule has 160 valence electrons. The highest BCUT2D eigenvalue weighted by molar-refractivity contribution is 5.80. The van der Waals surface area contributed by atoms with E-state index < -0.39 is 0 Å². The molecule has 0 aliphatic rings. The normalized spacial score (nSPS) is 12.5. The molecule has 1 unspecified atom stereocenters. The molecule has 8 heteroatoms. The van der Waals surface area contributed by atoms with E-state index in [0.29, 0.717) is 23.8 Å². The minimum absolute atomic E-state index is 0.197. The second-order valence-corrected chi connectivity index (χ2v) is 6.98. The van der Waals surface area contributed by atoms with E-state index in [1.807, 2.05) is 30.8 Å². The Kier molecular flexibility index (Phi) is 7.75. The molecule has 1 heterocycles. The lowest BCUT2D eigenvalue weighted by atomic mass is 10.1. The number of hydrogen-bond acceptors (Lipinski definition) is 5. The quantitative estimate of drug-likeness (QED) is 0.520. The van der Waals surface area contributed by atoms with Crippen LogP contribution in [0.15, 0.2) is 17.1 Å². The third-order valence-corrected chi connectivity index (χ3v) is 4.96. The molecule has 0 saturated heterocycles. The van der Waals surface area contributed by atoms with E-state index in [1.165, 1.54) is 11.3 Å². The fraction of sp³-hybridized carbons (Fsp3) is 0.524. The summed E-state index contributed by atoms with van der Waals surface area (Å²) in [6.07, 6.45) is 0.871. The molecule has 0 aliphatic heterocycles. The first kappa shape index (κ1) is 22.4. The Balaban J connectivity index is 2.03. The van der Waals surface area contributed by atoms with E-state index in [1.54, 1.807) is 28.4 Å². The van der Waals surface area contributed by atoms with Crippen LogP contribution < -0.4 is 24.8 Å². The minimum Gasteiger partial charge on any atom is -0.493 e. The first-order valence-electron chi connectivity index (χ1n) is 9.59. The Bertz CT molecular complexity index is 835. The van der Waals surface area contributed by atoms with Crippen molar-refractivity contribution < 1.29 is 14.2 Å². The van der Waals surface area contributed by atoms with Gasteiger partial charge in [0.05, 0.1) is 27.0 Å². The maximum atomic E-state index is 5.42. The Morgan fingerprint density at radius 2 is 1.76 bits per heavy atom. The molecule has 0 bridgehead atoms. The van der Waals surface area contributed by atoms with Gasteiger partial charge in [0.15, 0.2) is 17.5 Å². The van der Waals surface area contributed by atoms with Gasteiger partial charge < -0.3 is 24.8 Å². The monoisotopic (exact) mass is 403 g/mol. The Labute approximate surface area is 173 Å². The molecule has 29 heavy (non-hydrogen) atoms. The van der Waals surface area contributed by atoms with Crippen molar-refractivity contribution in [2.45, 2.75) is 39.8 Å². The summed E-state index contributed by atoms with van der Waals surface area (Å²) in [5.41, 5.74) is 4.53. The lowest BCUT2D eigenvalue weighted by Crippen LogP contribution is -2.42. The largest absolute Gasteiger partial charge is 0.493 e. The van der Waals surface area contributed by atoms with Crippen molar-refractivity contribution in [1.29, 1.82) is 0 Å². The van der Waals surface area contributed by atoms with Crippen LogP contribution in [0.25, 0.3) is 0 Å². The van der Waals surface area contributed by atoms with Gasteiger partial charge in [0.1, 0.15) is 0 Å². The highest BCUT2D eigenvalue weighted by atomic mass is 16.5. The van der Waals surface area contributed by atoms with Gasteiger partial charge in [-0.25, -0.2) is 0 Å². The van der Waals surface area contributed by atoms with Crippen LogP contribution in [-0.4, -0.2) is 50.2 Å². The number of benzene rings is 1. The van der Waals surface area contributed by atoms with Gasteiger partial charge in [-0.2, -0.15) is 5.10 Å². The molecule has 1 aromatic carbocycles. The first-order valence-corrected chi connectivity index (χ1v) is 9.59. The Morgan fingerprint density at radius 3 is 2.21 bits per heavy atom. The SMILES string of the molecule is CN=C(NCc1cc(OC)c(OC)c(OC)c1)NC(C)Cc1c(C)nn(C)c1C. The summed E-state index contributed by atoms with van der Waals surface area (Å²) in [4.78, 5) is 4.34. The van der Waals surface area contributed by atoms with Crippen LogP contribution in [0.2, 0.25) is 0 Å². The number of aromatic nitrogens is 2. The predicted octanol–water partition coefficient (Wildman–Crippen LogP) is 2.36. The van der Waals surface area contributed by atoms with Crippen molar-refractivity contribution in [1.82, 2.24) is 20.4 Å². The fourth-order valence-corrected chi connectivity index (χ4v) is 3.32. The van der Waals surface area contributed by atoms with E-state index in [4.69, 9.17) is 14.2 Å². The third-order valence-electron chi connectivity index (χ3n) is 4.96. The van der Waals surface area contributed by atoms with Gasteiger partial charge in [0.2, 0.25) is 5.75 Å². The van der Waals surface area contributed by atoms with Gasteiger partial charge in [-0.05, 0) is 50.5 Å². The van der Waals surface area contributed by atoms with Crippen LogP contribution in [0.3, 0.4) is 0 Å². The summed E-state index contributed by atoms with van der Waals surface area (Å²) in [6.45, 7) is 6.85. The van der Waals surface area contributed by atoms with E-state index in [-0.39, 0.29) is 6.04 Å². The van der Waals surface area contributed by atoms with Crippen LogP contribution in [-0.2, 0) is 20.0 Å². The molecule has 2 aromatic rings. The van der Waals surface area contributed by atoms with Gasteiger partial charge in [0, 0.05) is 32.4 Å². The molecule has 0 spiro atoms. The molecule has 2 N–H and O–H groups in total. The van der Waals surface area contributed by atoms with Gasteiger partial charge in [-0.1, -0.05) is 0 Å². The molecule has 0 fully saturated rings. The number of nitrogens with one attached hydrogen (secondary N) is 2. The molecule has 0 saturated carbocycles. The summed E-state index contributed by atoms with van der Waals surface area (Å²) >= 11 is 0. The van der Waals surface area contributed by atoms with Crippen LogP contribution >= 0.6 is 0 Å². The molecular weight excluding hydrogens is 370 g/mol. The Morgan fingerprint density at radius 1 is 1.14 bits per heavy atom. The van der Waals surface area contributed by atoms with Crippen molar-refractivity contribution in [2.24, 2.45) is 12.0 Å². The summed E-state index contributed by atoms with van der Waals surface area (Å²) in [5, 5.41) is 11.3. The van der Waals surface area contributed by atoms with Crippen LogP contribution in [0.1, 0.15) is 29.4 Å². The molecule has 1 aromatic heterocycles. The number of ether oxygens (including phenoxy) is 3. The number of guanidine groups is 1. The topological polar surface area (TPSA) is 81.9 Å². The molecule has 0 radical (unpaired) electrons. The second kappa shape index (κ2) is 10.0. The standard InChI is InChI=1S/C21H33N5O3/c1-13(9-17-14(2)25-26(5)15(17)3)24-21(22-4)23-12-16-10-18(27-6)20(29-8)19(11-16)28-7/h10-11,13H,9,12H2,1-8H3,(H2,22,23,24). The highest BCUT2D eigenvalue weighted by Gasteiger charge is 2.15. The van der Waals surface area contributed by atoms with Crippen molar-refractivity contribution in [2.75, 3.05) is 28.4 Å². The first-order chi connectivity index (χ1) is 13.8. The van der Waals surface area contributed by atoms with Crippen molar-refractivity contribution in [3.8, 4) is 17.2 Å². The van der Waals surface area contributed by atoms with Gasteiger partial charge in [-0.3, -0.25) is 9.67 Å². The van der Waals surface area contributed by atoms with Gasteiger partial charge >= 0.3 is 0 Å². The molecule has 0 amide bonds. The minimum atomic E-state index is 0.197. The zero-order valence-corrected chi connectivity index (χ0v) is 18.7. The van der Waals surface area contributed by atoms with Gasteiger partial charge in [0.25, 0.3) is 0 Å². The maximum absolute atomic E-state index is 5.42. The summed E-state index contributed by atoms with van der Waals surface area (Å²) in [7, 11) is 8.55. The van der Waals surface area contributed by atoms with E-state index in [9.17, 15) is 0 Å².